The third kappa shape index (κ3) is 2.82. The van der Waals surface area contributed by atoms with Crippen LogP contribution < -0.4 is 5.32 Å². The smallest absolute Gasteiger partial charge is 0.138 e. The first-order chi connectivity index (χ1) is 11.3. The van der Waals surface area contributed by atoms with E-state index in [0.717, 1.165) is 48.5 Å². The van der Waals surface area contributed by atoms with Crippen molar-refractivity contribution in [2.75, 3.05) is 18.5 Å². The molecule has 1 aliphatic heterocycles. The predicted octanol–water partition coefficient (Wildman–Crippen LogP) is 2.88. The Morgan fingerprint density at radius 3 is 3.22 bits per heavy atom. The van der Waals surface area contributed by atoms with Gasteiger partial charge >= 0.3 is 0 Å². The first-order valence-electron chi connectivity index (χ1n) is 8.07. The Kier molecular flexibility index (Phi) is 3.75. The summed E-state index contributed by atoms with van der Waals surface area (Å²) in [5.41, 5.74) is 3.14. The van der Waals surface area contributed by atoms with E-state index in [1.54, 1.807) is 6.33 Å². The molecule has 0 aliphatic carbocycles. The molecule has 2 N–H and O–H groups in total. The fourth-order valence-corrected chi connectivity index (χ4v) is 3.28. The van der Waals surface area contributed by atoms with Gasteiger partial charge in [0.25, 0.3) is 0 Å². The molecule has 3 aromatic rings. The number of aryl methyl sites for hydroxylation is 1. The van der Waals surface area contributed by atoms with Crippen molar-refractivity contribution in [1.29, 1.82) is 0 Å². The van der Waals surface area contributed by atoms with Gasteiger partial charge in [0, 0.05) is 44.2 Å². The number of fused-ring (bicyclic) bond motifs is 1. The van der Waals surface area contributed by atoms with Crippen LogP contribution in [0.15, 0.2) is 36.9 Å². The van der Waals surface area contributed by atoms with Crippen LogP contribution in [-0.4, -0.2) is 32.7 Å². The summed E-state index contributed by atoms with van der Waals surface area (Å²) < 4.78 is 8.08. The molecule has 2 atom stereocenters. The van der Waals surface area contributed by atoms with Crippen LogP contribution in [0.25, 0.3) is 11.0 Å². The molecule has 1 aliphatic rings. The molecule has 1 saturated heterocycles. The minimum atomic E-state index is 0.0622. The minimum absolute atomic E-state index is 0.0622. The highest BCUT2D eigenvalue weighted by Gasteiger charge is 2.30. The number of benzene rings is 1. The molecule has 6 nitrogen and oxygen atoms in total. The maximum atomic E-state index is 6.02. The molecule has 0 radical (unpaired) electrons. The molecule has 120 valence electrons. The van der Waals surface area contributed by atoms with E-state index < -0.39 is 0 Å². The van der Waals surface area contributed by atoms with Gasteiger partial charge in [0.2, 0.25) is 0 Å². The normalized spacial score (nSPS) is 21.6. The van der Waals surface area contributed by atoms with Crippen LogP contribution >= 0.6 is 0 Å². The molecule has 1 aromatic carbocycles. The third-order valence-corrected chi connectivity index (χ3v) is 4.55. The summed E-state index contributed by atoms with van der Waals surface area (Å²) in [6, 6.07) is 6.20. The number of aromatic amines is 1. The number of aromatic nitrogens is 4. The van der Waals surface area contributed by atoms with Crippen molar-refractivity contribution in [3.05, 3.63) is 42.7 Å². The van der Waals surface area contributed by atoms with Gasteiger partial charge in [-0.3, -0.25) is 0 Å². The standard InChI is InChI=1S/C17H21N5O/c1-22-7-6-18-17(22)16-12(3-2-8-23-16)10-19-13-4-5-14-15(9-13)21-11-20-14/h4-7,9,11-12,16,19H,2-3,8,10H2,1H3,(H,20,21)/t12-,16+/m0/s1. The summed E-state index contributed by atoms with van der Waals surface area (Å²) in [7, 11) is 2.02. The van der Waals surface area contributed by atoms with Crippen LogP contribution in [0.3, 0.4) is 0 Å². The van der Waals surface area contributed by atoms with Crippen LogP contribution in [0.2, 0.25) is 0 Å². The average molecular weight is 311 g/mol. The van der Waals surface area contributed by atoms with Crippen LogP contribution in [0, 0.1) is 5.92 Å². The summed E-state index contributed by atoms with van der Waals surface area (Å²) >= 11 is 0. The molecule has 23 heavy (non-hydrogen) atoms. The van der Waals surface area contributed by atoms with Crippen LogP contribution in [0.1, 0.15) is 24.8 Å². The van der Waals surface area contributed by atoms with E-state index in [1.165, 1.54) is 0 Å². The highest BCUT2D eigenvalue weighted by Crippen LogP contribution is 2.32. The van der Waals surface area contributed by atoms with Gasteiger partial charge < -0.3 is 19.6 Å². The maximum Gasteiger partial charge on any atom is 0.138 e. The second kappa shape index (κ2) is 6.04. The topological polar surface area (TPSA) is 67.8 Å². The number of H-pyrrole nitrogens is 1. The lowest BCUT2D eigenvalue weighted by Gasteiger charge is -2.31. The summed E-state index contributed by atoms with van der Waals surface area (Å²) in [6.07, 6.45) is 7.85. The van der Waals surface area contributed by atoms with Crippen molar-refractivity contribution in [2.24, 2.45) is 13.0 Å². The quantitative estimate of drug-likeness (QED) is 0.777. The van der Waals surface area contributed by atoms with Gasteiger partial charge in [0.15, 0.2) is 0 Å². The average Bonchev–Trinajstić information content (AvgIpc) is 3.21. The molecule has 0 amide bonds. The van der Waals surface area contributed by atoms with Crippen molar-refractivity contribution in [3.8, 4) is 0 Å². The van der Waals surface area contributed by atoms with E-state index in [-0.39, 0.29) is 6.10 Å². The van der Waals surface area contributed by atoms with Gasteiger partial charge in [-0.15, -0.1) is 0 Å². The van der Waals surface area contributed by atoms with Gasteiger partial charge in [-0.25, -0.2) is 9.97 Å². The molecule has 6 heteroatoms. The van der Waals surface area contributed by atoms with Gasteiger partial charge in [-0.05, 0) is 31.0 Å². The van der Waals surface area contributed by atoms with Crippen molar-refractivity contribution in [2.45, 2.75) is 18.9 Å². The van der Waals surface area contributed by atoms with E-state index in [1.807, 2.05) is 25.5 Å². The lowest BCUT2D eigenvalue weighted by molar-refractivity contribution is -0.0304. The molecule has 0 saturated carbocycles. The molecular weight excluding hydrogens is 290 g/mol. The largest absolute Gasteiger partial charge is 0.385 e. The number of hydrogen-bond acceptors (Lipinski definition) is 4. The van der Waals surface area contributed by atoms with Gasteiger partial charge in [-0.2, -0.15) is 0 Å². The number of nitrogens with one attached hydrogen (secondary N) is 2. The monoisotopic (exact) mass is 311 g/mol. The molecule has 4 rings (SSSR count). The molecular formula is C17H21N5O. The van der Waals surface area contributed by atoms with Crippen molar-refractivity contribution < 1.29 is 4.74 Å². The Hall–Kier alpha value is -2.34. The molecule has 0 bridgehead atoms. The predicted molar refractivity (Wildman–Crippen MR) is 89.2 cm³/mol. The molecule has 3 heterocycles. The zero-order chi connectivity index (χ0) is 15.6. The lowest BCUT2D eigenvalue weighted by Crippen LogP contribution is -2.30. The fraction of sp³-hybridized carbons (Fsp3) is 0.412. The number of rotatable bonds is 4. The van der Waals surface area contributed by atoms with Crippen molar-refractivity contribution in [1.82, 2.24) is 19.5 Å². The van der Waals surface area contributed by atoms with E-state index in [4.69, 9.17) is 4.74 Å². The summed E-state index contributed by atoms with van der Waals surface area (Å²) in [6.45, 7) is 1.69. The Balaban J connectivity index is 1.48. The number of nitrogens with zero attached hydrogens (tertiary/aromatic N) is 3. The number of imidazole rings is 2. The SMILES string of the molecule is Cn1ccnc1[C@@H]1OCCC[C@H]1CNc1ccc2nc[nH]c2c1. The highest BCUT2D eigenvalue weighted by atomic mass is 16.5. The maximum absolute atomic E-state index is 6.02. The van der Waals surface area contributed by atoms with Gasteiger partial charge in [0.05, 0.1) is 17.4 Å². The van der Waals surface area contributed by atoms with Crippen molar-refractivity contribution in [3.63, 3.8) is 0 Å². The Morgan fingerprint density at radius 2 is 2.35 bits per heavy atom. The number of hydrogen-bond donors (Lipinski definition) is 2. The Morgan fingerprint density at radius 1 is 1.39 bits per heavy atom. The highest BCUT2D eigenvalue weighted by molar-refractivity contribution is 5.78. The Labute approximate surface area is 134 Å². The van der Waals surface area contributed by atoms with E-state index in [2.05, 4.69) is 37.0 Å². The van der Waals surface area contributed by atoms with Crippen molar-refractivity contribution >= 4 is 16.7 Å². The van der Waals surface area contributed by atoms with Crippen LogP contribution in [-0.2, 0) is 11.8 Å². The van der Waals surface area contributed by atoms with E-state index in [0.29, 0.717) is 5.92 Å². The van der Waals surface area contributed by atoms with E-state index in [9.17, 15) is 0 Å². The van der Waals surface area contributed by atoms with E-state index >= 15 is 0 Å². The molecule has 0 spiro atoms. The zero-order valence-corrected chi connectivity index (χ0v) is 13.2. The second-order valence-electron chi connectivity index (χ2n) is 6.11. The minimum Gasteiger partial charge on any atom is -0.385 e. The molecule has 1 fully saturated rings. The number of ether oxygens (including phenoxy) is 1. The summed E-state index contributed by atoms with van der Waals surface area (Å²) in [5, 5.41) is 3.54. The number of anilines is 1. The lowest BCUT2D eigenvalue weighted by atomic mass is 9.93. The zero-order valence-electron chi connectivity index (χ0n) is 13.2. The van der Waals surface area contributed by atoms with Crippen LogP contribution in [0.5, 0.6) is 0 Å². The first kappa shape index (κ1) is 14.3. The van der Waals surface area contributed by atoms with Gasteiger partial charge in [-0.1, -0.05) is 0 Å². The first-order valence-corrected chi connectivity index (χ1v) is 8.07. The van der Waals surface area contributed by atoms with Gasteiger partial charge in [0.1, 0.15) is 11.9 Å². The summed E-state index contributed by atoms with van der Waals surface area (Å²) in [5.74, 6) is 1.43. The summed E-state index contributed by atoms with van der Waals surface area (Å²) in [4.78, 5) is 11.9. The second-order valence-corrected chi connectivity index (χ2v) is 6.11. The molecule has 0 unspecified atom stereocenters. The Bertz CT molecular complexity index is 793. The fourth-order valence-electron chi connectivity index (χ4n) is 3.28. The van der Waals surface area contributed by atoms with Crippen LogP contribution in [0.4, 0.5) is 5.69 Å². The third-order valence-electron chi connectivity index (χ3n) is 4.55. The molecule has 2 aromatic heterocycles.